The van der Waals surface area contributed by atoms with E-state index in [1.807, 2.05) is 24.3 Å². The summed E-state index contributed by atoms with van der Waals surface area (Å²) < 4.78 is 2.10. The van der Waals surface area contributed by atoms with Crippen LogP contribution in [0.3, 0.4) is 0 Å². The number of aromatic carboxylic acids is 1. The highest BCUT2D eigenvalue weighted by Gasteiger charge is 2.13. The van der Waals surface area contributed by atoms with Crippen LogP contribution in [0, 0.1) is 6.92 Å². The molecule has 0 saturated heterocycles. The molecule has 0 bridgehead atoms. The van der Waals surface area contributed by atoms with Gasteiger partial charge in [-0.15, -0.1) is 0 Å². The van der Waals surface area contributed by atoms with Crippen LogP contribution in [-0.4, -0.2) is 38.5 Å². The Balaban J connectivity index is 1.45. The third kappa shape index (κ3) is 5.48. The average molecular weight is 459 g/mol. The van der Waals surface area contributed by atoms with Crippen LogP contribution in [0.25, 0.3) is 11.0 Å². The van der Waals surface area contributed by atoms with Crippen LogP contribution in [0.15, 0.2) is 83.1 Å². The number of nitrogens with zero attached hydrogens (tertiary/aromatic N) is 3. The number of aromatic nitrogens is 2. The summed E-state index contributed by atoms with van der Waals surface area (Å²) in [5.74, 6) is -1.24. The number of carbonyl (C=O) groups is 2. The summed E-state index contributed by atoms with van der Waals surface area (Å²) in [4.78, 5) is 28.3. The van der Waals surface area contributed by atoms with E-state index in [1.54, 1.807) is 18.2 Å². The van der Waals surface area contributed by atoms with Crippen molar-refractivity contribution in [3.05, 3.63) is 95.1 Å². The number of carbonyl (C=O) groups excluding carboxylic acids is 1. The Labute approximate surface area is 195 Å². The Kier molecular flexibility index (Phi) is 6.85. The smallest absolute Gasteiger partial charge is 0.336 e. The molecule has 0 aliphatic carbocycles. The molecule has 3 aromatic carbocycles. The predicted molar refractivity (Wildman–Crippen MR) is 130 cm³/mol. The highest BCUT2D eigenvalue weighted by atomic mass is 32.2. The number of hydrogen-bond donors (Lipinski definition) is 2. The number of fused-ring (bicyclic) bond motifs is 1. The van der Waals surface area contributed by atoms with Crippen LogP contribution in [0.2, 0.25) is 0 Å². The van der Waals surface area contributed by atoms with Gasteiger partial charge in [0.25, 0.3) is 5.91 Å². The third-order valence-corrected chi connectivity index (χ3v) is 5.97. The lowest BCUT2D eigenvalue weighted by Crippen LogP contribution is -2.20. The summed E-state index contributed by atoms with van der Waals surface area (Å²) >= 11 is 1.33. The van der Waals surface area contributed by atoms with Gasteiger partial charge >= 0.3 is 5.97 Å². The van der Waals surface area contributed by atoms with E-state index in [1.165, 1.54) is 29.6 Å². The van der Waals surface area contributed by atoms with E-state index < -0.39 is 5.97 Å². The van der Waals surface area contributed by atoms with Gasteiger partial charge in [-0.1, -0.05) is 71.9 Å². The standard InChI is InChI=1S/C25H22N4O3S/c1-17-10-12-18(13-11-17)15-29-22-9-5-4-8-21(22)27-25(29)33-16-23(30)28-26-14-19-6-2-3-7-20(19)24(31)32/h2-14H,15-16H2,1H3,(H,28,30)(H,31,32)/b26-14-. The van der Waals surface area contributed by atoms with E-state index in [-0.39, 0.29) is 17.2 Å². The lowest BCUT2D eigenvalue weighted by atomic mass is 10.1. The van der Waals surface area contributed by atoms with Crippen molar-refractivity contribution in [1.29, 1.82) is 0 Å². The van der Waals surface area contributed by atoms with E-state index in [0.717, 1.165) is 21.8 Å². The number of imidazole rings is 1. The van der Waals surface area contributed by atoms with Crippen molar-refractivity contribution >= 4 is 40.9 Å². The van der Waals surface area contributed by atoms with Crippen molar-refractivity contribution in [2.75, 3.05) is 5.75 Å². The Morgan fingerprint density at radius 3 is 2.58 bits per heavy atom. The molecule has 0 radical (unpaired) electrons. The van der Waals surface area contributed by atoms with Crippen LogP contribution in [0.5, 0.6) is 0 Å². The molecule has 0 atom stereocenters. The van der Waals surface area contributed by atoms with Crippen molar-refractivity contribution < 1.29 is 14.7 Å². The first-order valence-corrected chi connectivity index (χ1v) is 11.3. The summed E-state index contributed by atoms with van der Waals surface area (Å²) in [5.41, 5.74) is 7.22. The molecule has 1 amide bonds. The molecule has 33 heavy (non-hydrogen) atoms. The third-order valence-electron chi connectivity index (χ3n) is 5.00. The van der Waals surface area contributed by atoms with Gasteiger partial charge in [0.15, 0.2) is 5.16 Å². The summed E-state index contributed by atoms with van der Waals surface area (Å²) in [7, 11) is 0. The minimum atomic E-state index is -1.05. The second-order valence-electron chi connectivity index (χ2n) is 7.43. The van der Waals surface area contributed by atoms with Crippen LogP contribution in [0.1, 0.15) is 27.0 Å². The van der Waals surface area contributed by atoms with Gasteiger partial charge in [0.05, 0.1) is 35.1 Å². The number of amides is 1. The van der Waals surface area contributed by atoms with E-state index in [4.69, 9.17) is 4.98 Å². The van der Waals surface area contributed by atoms with Crippen molar-refractivity contribution in [1.82, 2.24) is 15.0 Å². The summed E-state index contributed by atoms with van der Waals surface area (Å²) in [6, 6.07) is 22.7. The molecule has 0 spiro atoms. The number of nitrogens with one attached hydrogen (secondary N) is 1. The molecule has 166 valence electrons. The van der Waals surface area contributed by atoms with Crippen LogP contribution in [-0.2, 0) is 11.3 Å². The largest absolute Gasteiger partial charge is 0.478 e. The fourth-order valence-electron chi connectivity index (χ4n) is 3.33. The topological polar surface area (TPSA) is 96.6 Å². The first-order valence-electron chi connectivity index (χ1n) is 10.3. The minimum absolute atomic E-state index is 0.120. The van der Waals surface area contributed by atoms with Gasteiger partial charge < -0.3 is 9.67 Å². The van der Waals surface area contributed by atoms with Crippen molar-refractivity contribution in [2.24, 2.45) is 5.10 Å². The Morgan fingerprint density at radius 2 is 1.79 bits per heavy atom. The number of carboxylic acids is 1. The quantitative estimate of drug-likeness (QED) is 0.233. The maximum absolute atomic E-state index is 12.3. The zero-order chi connectivity index (χ0) is 23.2. The maximum Gasteiger partial charge on any atom is 0.336 e. The number of para-hydroxylation sites is 2. The molecule has 8 heteroatoms. The lowest BCUT2D eigenvalue weighted by Gasteiger charge is -2.09. The number of rotatable bonds is 8. The fraction of sp³-hybridized carbons (Fsp3) is 0.120. The fourth-order valence-corrected chi connectivity index (χ4v) is 4.14. The Morgan fingerprint density at radius 1 is 1.06 bits per heavy atom. The van der Waals surface area contributed by atoms with Gasteiger partial charge in [0.1, 0.15) is 0 Å². The zero-order valence-corrected chi connectivity index (χ0v) is 18.7. The Hall–Kier alpha value is -3.91. The van der Waals surface area contributed by atoms with Gasteiger partial charge in [-0.25, -0.2) is 15.2 Å². The van der Waals surface area contributed by atoms with E-state index in [0.29, 0.717) is 12.1 Å². The number of carboxylic acid groups (broad SMARTS) is 1. The van der Waals surface area contributed by atoms with Gasteiger partial charge in [-0.3, -0.25) is 4.79 Å². The van der Waals surface area contributed by atoms with Gasteiger partial charge in [-0.2, -0.15) is 5.10 Å². The molecule has 0 saturated carbocycles. The van der Waals surface area contributed by atoms with Gasteiger partial charge in [0.2, 0.25) is 0 Å². The van der Waals surface area contributed by atoms with Crippen molar-refractivity contribution in [3.8, 4) is 0 Å². The van der Waals surface area contributed by atoms with Crippen molar-refractivity contribution in [3.63, 3.8) is 0 Å². The zero-order valence-electron chi connectivity index (χ0n) is 17.9. The Bertz CT molecular complexity index is 1330. The van der Waals surface area contributed by atoms with E-state index >= 15 is 0 Å². The first-order chi connectivity index (χ1) is 16.0. The highest BCUT2D eigenvalue weighted by molar-refractivity contribution is 7.99. The second kappa shape index (κ2) is 10.1. The average Bonchev–Trinajstić information content (AvgIpc) is 3.16. The number of thioether (sulfide) groups is 1. The highest BCUT2D eigenvalue weighted by Crippen LogP contribution is 2.25. The van der Waals surface area contributed by atoms with E-state index in [9.17, 15) is 14.7 Å². The number of benzene rings is 3. The van der Waals surface area contributed by atoms with Crippen LogP contribution >= 0.6 is 11.8 Å². The number of aryl methyl sites for hydroxylation is 1. The number of hydrogen-bond acceptors (Lipinski definition) is 5. The summed E-state index contributed by atoms with van der Waals surface area (Å²) in [6.07, 6.45) is 1.33. The molecule has 0 unspecified atom stereocenters. The molecule has 4 rings (SSSR count). The normalized spacial score (nSPS) is 11.2. The molecule has 2 N–H and O–H groups in total. The number of hydrazone groups is 1. The second-order valence-corrected chi connectivity index (χ2v) is 8.37. The van der Waals surface area contributed by atoms with Crippen LogP contribution in [0.4, 0.5) is 0 Å². The first kappa shape index (κ1) is 22.3. The predicted octanol–water partition coefficient (Wildman–Crippen LogP) is 4.33. The van der Waals surface area contributed by atoms with Gasteiger partial charge in [0, 0.05) is 5.56 Å². The molecule has 0 aliphatic rings. The minimum Gasteiger partial charge on any atom is -0.478 e. The SMILES string of the molecule is Cc1ccc(Cn2c(SCC(=O)N/N=C\c3ccccc3C(=O)O)nc3ccccc32)cc1. The molecule has 4 aromatic rings. The lowest BCUT2D eigenvalue weighted by molar-refractivity contribution is -0.118. The van der Waals surface area contributed by atoms with Gasteiger partial charge in [-0.05, 0) is 30.7 Å². The molecular formula is C25H22N4O3S. The molecule has 0 aliphatic heterocycles. The van der Waals surface area contributed by atoms with E-state index in [2.05, 4.69) is 46.3 Å². The maximum atomic E-state index is 12.3. The molecular weight excluding hydrogens is 436 g/mol. The summed E-state index contributed by atoms with van der Waals surface area (Å²) in [5, 5.41) is 13.9. The van der Waals surface area contributed by atoms with Crippen LogP contribution < -0.4 is 5.43 Å². The molecule has 1 heterocycles. The summed E-state index contributed by atoms with van der Waals surface area (Å²) in [6.45, 7) is 2.70. The monoisotopic (exact) mass is 458 g/mol. The molecule has 1 aromatic heterocycles. The molecule has 7 nitrogen and oxygen atoms in total. The molecule has 0 fully saturated rings. The van der Waals surface area contributed by atoms with Crippen molar-refractivity contribution in [2.45, 2.75) is 18.6 Å².